The maximum absolute atomic E-state index is 13.2. The number of carbonyl (C=O) groups is 2. The summed E-state index contributed by atoms with van der Waals surface area (Å²) < 4.78 is 17.8. The number of anilines is 1. The third kappa shape index (κ3) is 3.12. The molecule has 0 aliphatic carbocycles. The van der Waals surface area contributed by atoms with Gasteiger partial charge in [0.1, 0.15) is 5.82 Å². The summed E-state index contributed by atoms with van der Waals surface area (Å²) in [7, 11) is 1.20. The van der Waals surface area contributed by atoms with E-state index in [0.717, 1.165) is 12.1 Å². The summed E-state index contributed by atoms with van der Waals surface area (Å²) >= 11 is 0. The van der Waals surface area contributed by atoms with Gasteiger partial charge in [-0.2, -0.15) is 0 Å². The fraction of sp³-hybridized carbons (Fsp3) is 0.385. The predicted octanol–water partition coefficient (Wildman–Crippen LogP) is 0.274. The quantitative estimate of drug-likeness (QED) is 0.693. The second-order valence-corrected chi connectivity index (χ2v) is 4.52. The van der Waals surface area contributed by atoms with Gasteiger partial charge < -0.3 is 20.5 Å². The second kappa shape index (κ2) is 5.98. The number of hydrogen-bond donors (Lipinski definition) is 3. The number of benzene rings is 1. The van der Waals surface area contributed by atoms with Crippen LogP contribution in [0.1, 0.15) is 16.8 Å². The first-order chi connectivity index (χ1) is 9.51. The predicted molar refractivity (Wildman–Crippen MR) is 68.8 cm³/mol. The van der Waals surface area contributed by atoms with Crippen molar-refractivity contribution in [1.82, 2.24) is 5.32 Å². The van der Waals surface area contributed by atoms with E-state index in [-0.39, 0.29) is 17.7 Å². The highest BCUT2D eigenvalue weighted by Gasteiger charge is 2.28. The molecule has 1 fully saturated rings. The SMILES string of the molecule is COC(=O)c1ccc(F)cc1NC(=O)C1CC(O)CN1. The number of nitrogens with one attached hydrogen (secondary N) is 2. The fourth-order valence-electron chi connectivity index (χ4n) is 2.04. The first-order valence-electron chi connectivity index (χ1n) is 6.11. The van der Waals surface area contributed by atoms with Gasteiger partial charge in [0.15, 0.2) is 0 Å². The maximum Gasteiger partial charge on any atom is 0.339 e. The van der Waals surface area contributed by atoms with Gasteiger partial charge >= 0.3 is 5.97 Å². The van der Waals surface area contributed by atoms with E-state index in [1.54, 1.807) is 0 Å². The molecule has 2 rings (SSSR count). The van der Waals surface area contributed by atoms with Gasteiger partial charge in [-0.1, -0.05) is 0 Å². The van der Waals surface area contributed by atoms with Crippen molar-refractivity contribution in [2.75, 3.05) is 19.0 Å². The lowest BCUT2D eigenvalue weighted by Crippen LogP contribution is -2.35. The molecule has 0 aromatic heterocycles. The standard InChI is InChI=1S/C13H15FN2O4/c1-20-13(19)9-3-2-7(14)4-10(9)16-12(18)11-5-8(17)6-15-11/h2-4,8,11,15,17H,5-6H2,1H3,(H,16,18). The molecule has 0 spiro atoms. The molecule has 1 aromatic carbocycles. The van der Waals surface area contributed by atoms with E-state index < -0.39 is 29.8 Å². The Kier molecular flexibility index (Phi) is 4.31. The topological polar surface area (TPSA) is 87.7 Å². The summed E-state index contributed by atoms with van der Waals surface area (Å²) in [4.78, 5) is 23.5. The lowest BCUT2D eigenvalue weighted by atomic mass is 10.1. The average Bonchev–Trinajstić information content (AvgIpc) is 2.85. The van der Waals surface area contributed by atoms with E-state index in [4.69, 9.17) is 0 Å². The van der Waals surface area contributed by atoms with E-state index in [2.05, 4.69) is 15.4 Å². The molecule has 0 radical (unpaired) electrons. The Bertz CT molecular complexity index is 535. The summed E-state index contributed by atoms with van der Waals surface area (Å²) in [5, 5.41) is 14.7. The van der Waals surface area contributed by atoms with Gasteiger partial charge in [0.05, 0.1) is 30.5 Å². The van der Waals surface area contributed by atoms with Crippen LogP contribution in [0.5, 0.6) is 0 Å². The molecule has 1 amide bonds. The molecule has 1 aliphatic heterocycles. The van der Waals surface area contributed by atoms with E-state index in [9.17, 15) is 19.1 Å². The Morgan fingerprint density at radius 1 is 1.50 bits per heavy atom. The highest BCUT2D eigenvalue weighted by atomic mass is 19.1. The van der Waals surface area contributed by atoms with Gasteiger partial charge in [0, 0.05) is 6.54 Å². The molecule has 1 heterocycles. The van der Waals surface area contributed by atoms with Crippen LogP contribution in [0.4, 0.5) is 10.1 Å². The van der Waals surface area contributed by atoms with Crippen LogP contribution in [0.25, 0.3) is 0 Å². The van der Waals surface area contributed by atoms with Crippen molar-refractivity contribution >= 4 is 17.6 Å². The van der Waals surface area contributed by atoms with E-state index in [1.165, 1.54) is 13.2 Å². The largest absolute Gasteiger partial charge is 0.465 e. The van der Waals surface area contributed by atoms with Crippen LogP contribution in [-0.2, 0) is 9.53 Å². The number of amides is 1. The van der Waals surface area contributed by atoms with Gasteiger partial charge in [0.2, 0.25) is 5.91 Å². The Morgan fingerprint density at radius 2 is 2.25 bits per heavy atom. The molecular formula is C13H15FN2O4. The molecule has 2 atom stereocenters. The molecule has 108 valence electrons. The summed E-state index contributed by atoms with van der Waals surface area (Å²) in [5.41, 5.74) is 0.117. The molecular weight excluding hydrogens is 267 g/mol. The average molecular weight is 282 g/mol. The molecule has 1 aromatic rings. The van der Waals surface area contributed by atoms with Gasteiger partial charge in [-0.25, -0.2) is 9.18 Å². The minimum absolute atomic E-state index is 0.0463. The summed E-state index contributed by atoms with van der Waals surface area (Å²) in [6.07, 6.45) is -0.312. The highest BCUT2D eigenvalue weighted by Crippen LogP contribution is 2.19. The summed E-state index contributed by atoms with van der Waals surface area (Å²) in [6, 6.07) is 2.83. The van der Waals surface area contributed by atoms with Gasteiger partial charge in [-0.3, -0.25) is 4.79 Å². The number of esters is 1. The number of hydrogen-bond acceptors (Lipinski definition) is 5. The Balaban J connectivity index is 2.17. The minimum Gasteiger partial charge on any atom is -0.465 e. The molecule has 0 bridgehead atoms. The zero-order valence-corrected chi connectivity index (χ0v) is 10.9. The zero-order valence-electron chi connectivity index (χ0n) is 10.9. The molecule has 1 saturated heterocycles. The first kappa shape index (κ1) is 14.4. The summed E-state index contributed by atoms with van der Waals surface area (Å²) in [6.45, 7) is 0.325. The van der Waals surface area contributed by atoms with E-state index >= 15 is 0 Å². The fourth-order valence-corrected chi connectivity index (χ4v) is 2.04. The molecule has 1 aliphatic rings. The van der Waals surface area contributed by atoms with Crippen molar-refractivity contribution in [2.45, 2.75) is 18.6 Å². The number of halogens is 1. The van der Waals surface area contributed by atoms with Crippen molar-refractivity contribution in [3.63, 3.8) is 0 Å². The van der Waals surface area contributed by atoms with Crippen LogP contribution >= 0.6 is 0 Å². The monoisotopic (exact) mass is 282 g/mol. The molecule has 20 heavy (non-hydrogen) atoms. The van der Waals surface area contributed by atoms with Crippen LogP contribution in [-0.4, -0.2) is 42.8 Å². The van der Waals surface area contributed by atoms with Crippen LogP contribution in [0.2, 0.25) is 0 Å². The van der Waals surface area contributed by atoms with E-state index in [1.807, 2.05) is 0 Å². The number of methoxy groups -OCH3 is 1. The third-order valence-corrected chi connectivity index (χ3v) is 3.07. The number of aliphatic hydroxyl groups is 1. The Morgan fingerprint density at radius 3 is 2.85 bits per heavy atom. The first-order valence-corrected chi connectivity index (χ1v) is 6.11. The molecule has 0 saturated carbocycles. The number of carbonyl (C=O) groups excluding carboxylic acids is 2. The van der Waals surface area contributed by atoms with Crippen LogP contribution in [0.15, 0.2) is 18.2 Å². The number of aliphatic hydroxyl groups excluding tert-OH is 1. The lowest BCUT2D eigenvalue weighted by Gasteiger charge is -2.13. The lowest BCUT2D eigenvalue weighted by molar-refractivity contribution is -0.117. The minimum atomic E-state index is -0.667. The van der Waals surface area contributed by atoms with Crippen LogP contribution in [0, 0.1) is 5.82 Å². The number of ether oxygens (including phenoxy) is 1. The van der Waals surface area contributed by atoms with Crippen molar-refractivity contribution in [2.24, 2.45) is 0 Å². The van der Waals surface area contributed by atoms with Gasteiger partial charge in [-0.05, 0) is 24.6 Å². The van der Waals surface area contributed by atoms with Crippen molar-refractivity contribution in [3.8, 4) is 0 Å². The molecule has 3 N–H and O–H groups in total. The second-order valence-electron chi connectivity index (χ2n) is 4.52. The van der Waals surface area contributed by atoms with Crippen molar-refractivity contribution in [1.29, 1.82) is 0 Å². The van der Waals surface area contributed by atoms with E-state index in [0.29, 0.717) is 6.54 Å². The molecule has 7 heteroatoms. The Hall–Kier alpha value is -1.99. The normalized spacial score (nSPS) is 21.6. The molecule has 6 nitrogen and oxygen atoms in total. The zero-order chi connectivity index (χ0) is 14.7. The summed E-state index contributed by atoms with van der Waals surface area (Å²) in [5.74, 6) is -1.68. The van der Waals surface area contributed by atoms with Gasteiger partial charge in [-0.15, -0.1) is 0 Å². The smallest absolute Gasteiger partial charge is 0.339 e. The highest BCUT2D eigenvalue weighted by molar-refractivity contribution is 6.02. The number of β-amino-alcohol motifs (C(OH)–C–C–N with tert-alkyl or cyclic N) is 1. The van der Waals surface area contributed by atoms with Gasteiger partial charge in [0.25, 0.3) is 0 Å². The maximum atomic E-state index is 13.2. The van der Waals surface area contributed by atoms with Crippen LogP contribution in [0.3, 0.4) is 0 Å². The van der Waals surface area contributed by atoms with Crippen molar-refractivity contribution < 1.29 is 23.8 Å². The third-order valence-electron chi connectivity index (χ3n) is 3.07. The number of rotatable bonds is 3. The Labute approximate surface area is 114 Å². The van der Waals surface area contributed by atoms with Crippen molar-refractivity contribution in [3.05, 3.63) is 29.6 Å². The molecule has 2 unspecified atom stereocenters. The van der Waals surface area contributed by atoms with Crippen LogP contribution < -0.4 is 10.6 Å².